The Morgan fingerprint density at radius 1 is 1.28 bits per heavy atom. The molecule has 1 saturated heterocycles. The van der Waals surface area contributed by atoms with E-state index in [2.05, 4.69) is 0 Å². The average molecular weight is 270 g/mol. The Bertz CT molecular complexity index is 328. The van der Waals surface area contributed by atoms with Crippen LogP contribution in [0.5, 0.6) is 0 Å². The maximum absolute atomic E-state index is 12.0. The summed E-state index contributed by atoms with van der Waals surface area (Å²) in [5.41, 5.74) is 0. The fourth-order valence-corrected chi connectivity index (χ4v) is 4.64. The van der Waals surface area contributed by atoms with E-state index in [1.807, 2.05) is 0 Å². The van der Waals surface area contributed by atoms with Crippen LogP contribution in [0.2, 0.25) is 0 Å². The van der Waals surface area contributed by atoms with E-state index in [1.54, 1.807) is 23.6 Å². The summed E-state index contributed by atoms with van der Waals surface area (Å²) < 4.78 is 0. The number of hydrogen-bond donors (Lipinski definition) is 0. The molecule has 0 aromatic heterocycles. The third-order valence-corrected chi connectivity index (χ3v) is 5.41. The van der Waals surface area contributed by atoms with Gasteiger partial charge in [-0.3, -0.25) is 4.79 Å². The molecule has 0 aromatic rings. The molecule has 1 heterocycles. The van der Waals surface area contributed by atoms with E-state index in [9.17, 15) is 14.7 Å². The summed E-state index contributed by atoms with van der Waals surface area (Å²) in [6.45, 7) is 1.79. The number of aliphatic carboxylic acids is 1. The molecule has 102 valence electrons. The van der Waals surface area contributed by atoms with Gasteiger partial charge in [-0.1, -0.05) is 26.2 Å². The van der Waals surface area contributed by atoms with Crippen molar-refractivity contribution in [3.8, 4) is 0 Å². The van der Waals surface area contributed by atoms with E-state index in [-0.39, 0.29) is 11.3 Å². The van der Waals surface area contributed by atoms with Gasteiger partial charge in [-0.05, 0) is 18.8 Å². The monoisotopic (exact) mass is 270 g/mol. The van der Waals surface area contributed by atoms with Crippen LogP contribution in [0.4, 0.5) is 0 Å². The summed E-state index contributed by atoms with van der Waals surface area (Å²) >= 11 is 1.62. The lowest BCUT2D eigenvalue weighted by atomic mass is 9.88. The Balaban J connectivity index is 2.13. The first-order valence-corrected chi connectivity index (χ1v) is 7.83. The molecule has 2 aliphatic rings. The highest BCUT2D eigenvalue weighted by Crippen LogP contribution is 2.40. The van der Waals surface area contributed by atoms with Gasteiger partial charge in [-0.15, -0.1) is 11.8 Å². The molecule has 0 N–H and O–H groups in total. The minimum Gasteiger partial charge on any atom is -0.548 e. The molecule has 1 aliphatic carbocycles. The van der Waals surface area contributed by atoms with Crippen LogP contribution in [0.3, 0.4) is 0 Å². The van der Waals surface area contributed by atoms with E-state index in [0.29, 0.717) is 18.1 Å². The van der Waals surface area contributed by atoms with Gasteiger partial charge in [0, 0.05) is 12.2 Å². The van der Waals surface area contributed by atoms with Crippen molar-refractivity contribution < 1.29 is 14.7 Å². The number of carboxylic acid groups (broad SMARTS) is 1. The molecule has 4 nitrogen and oxygen atoms in total. The Kier molecular flexibility index (Phi) is 4.54. The van der Waals surface area contributed by atoms with Crippen molar-refractivity contribution in [1.82, 2.24) is 4.90 Å². The van der Waals surface area contributed by atoms with Crippen LogP contribution in [0.1, 0.15) is 45.4 Å². The quantitative estimate of drug-likeness (QED) is 0.767. The number of carboxylic acids is 1. The van der Waals surface area contributed by atoms with E-state index in [0.717, 1.165) is 12.8 Å². The highest BCUT2D eigenvalue weighted by Gasteiger charge is 2.41. The highest BCUT2D eigenvalue weighted by atomic mass is 32.2. The molecule has 1 amide bonds. The fraction of sp³-hybridized carbons (Fsp3) is 0.846. The number of rotatable bonds is 3. The highest BCUT2D eigenvalue weighted by molar-refractivity contribution is 8.00. The predicted octanol–water partition coefficient (Wildman–Crippen LogP) is 0.997. The Labute approximate surface area is 112 Å². The lowest BCUT2D eigenvalue weighted by molar-refractivity contribution is -0.310. The zero-order valence-corrected chi connectivity index (χ0v) is 11.6. The molecule has 1 aliphatic heterocycles. The first-order chi connectivity index (χ1) is 8.65. The first kappa shape index (κ1) is 13.7. The number of amides is 1. The molecule has 1 saturated carbocycles. The van der Waals surface area contributed by atoms with Crippen LogP contribution in [-0.4, -0.2) is 33.9 Å². The summed E-state index contributed by atoms with van der Waals surface area (Å²) in [5, 5.41) is 11.2. The van der Waals surface area contributed by atoms with Crippen LogP contribution < -0.4 is 5.11 Å². The molecule has 2 fully saturated rings. The second-order valence-corrected chi connectivity index (χ2v) is 6.26. The van der Waals surface area contributed by atoms with Crippen molar-refractivity contribution in [2.75, 3.05) is 5.75 Å². The maximum atomic E-state index is 12.0. The normalized spacial score (nSPS) is 29.5. The van der Waals surface area contributed by atoms with Gasteiger partial charge in [-0.25, -0.2) is 0 Å². The zero-order valence-electron chi connectivity index (χ0n) is 10.8. The molecule has 0 aromatic carbocycles. The van der Waals surface area contributed by atoms with Gasteiger partial charge in [0.15, 0.2) is 0 Å². The standard InChI is InChI=1S/C13H21NO3S/c1-2-11(15)14-10(13(16)17)8-18-12(14)9-6-4-3-5-7-9/h9-10,12H,2-8H2,1H3,(H,16,17)/p-1/t10-,12-/m1/s1. The van der Waals surface area contributed by atoms with Crippen LogP contribution in [0.15, 0.2) is 0 Å². The van der Waals surface area contributed by atoms with Crippen LogP contribution in [-0.2, 0) is 9.59 Å². The molecule has 0 spiro atoms. The smallest absolute Gasteiger partial charge is 0.223 e. The number of thioether (sulfide) groups is 1. The molecule has 2 atom stereocenters. The lowest BCUT2D eigenvalue weighted by Gasteiger charge is -2.36. The third-order valence-electron chi connectivity index (χ3n) is 3.95. The summed E-state index contributed by atoms with van der Waals surface area (Å²) in [7, 11) is 0. The number of nitrogens with zero attached hydrogens (tertiary/aromatic N) is 1. The number of carbonyl (C=O) groups is 2. The summed E-state index contributed by atoms with van der Waals surface area (Å²) in [6.07, 6.45) is 6.26. The Morgan fingerprint density at radius 3 is 2.50 bits per heavy atom. The Morgan fingerprint density at radius 2 is 1.94 bits per heavy atom. The van der Waals surface area contributed by atoms with Gasteiger partial charge in [0.05, 0.1) is 17.4 Å². The first-order valence-electron chi connectivity index (χ1n) is 6.78. The molecule has 5 heteroatoms. The molecular formula is C13H20NO3S-. The van der Waals surface area contributed by atoms with Gasteiger partial charge in [0.2, 0.25) is 5.91 Å². The minimum absolute atomic E-state index is 0.0511. The summed E-state index contributed by atoms with van der Waals surface area (Å²) in [4.78, 5) is 24.7. The van der Waals surface area contributed by atoms with E-state index >= 15 is 0 Å². The third kappa shape index (κ3) is 2.66. The molecule has 18 heavy (non-hydrogen) atoms. The largest absolute Gasteiger partial charge is 0.548 e. The lowest BCUT2D eigenvalue weighted by Crippen LogP contribution is -2.52. The minimum atomic E-state index is -1.11. The number of hydrogen-bond acceptors (Lipinski definition) is 4. The van der Waals surface area contributed by atoms with Crippen LogP contribution >= 0.6 is 11.8 Å². The van der Waals surface area contributed by atoms with E-state index < -0.39 is 12.0 Å². The molecule has 2 rings (SSSR count). The van der Waals surface area contributed by atoms with Gasteiger partial charge in [0.25, 0.3) is 0 Å². The molecule has 0 bridgehead atoms. The molecule has 0 unspecified atom stereocenters. The molecular weight excluding hydrogens is 250 g/mol. The van der Waals surface area contributed by atoms with Gasteiger partial charge >= 0.3 is 0 Å². The SMILES string of the molecule is CCC(=O)N1[C@@H](C(=O)[O-])CS[C@@H]1C1CCCCC1. The van der Waals surface area contributed by atoms with Gasteiger partial charge in [0.1, 0.15) is 0 Å². The van der Waals surface area contributed by atoms with Crippen molar-refractivity contribution in [1.29, 1.82) is 0 Å². The second kappa shape index (κ2) is 5.95. The van der Waals surface area contributed by atoms with Gasteiger partial charge in [-0.2, -0.15) is 0 Å². The van der Waals surface area contributed by atoms with Crippen LogP contribution in [0.25, 0.3) is 0 Å². The van der Waals surface area contributed by atoms with Crippen molar-refractivity contribution >= 4 is 23.6 Å². The topological polar surface area (TPSA) is 60.4 Å². The second-order valence-electron chi connectivity index (χ2n) is 5.11. The van der Waals surface area contributed by atoms with Gasteiger partial charge < -0.3 is 14.8 Å². The van der Waals surface area contributed by atoms with Crippen molar-refractivity contribution in [3.63, 3.8) is 0 Å². The fourth-order valence-electron chi connectivity index (χ4n) is 2.99. The van der Waals surface area contributed by atoms with Crippen molar-refractivity contribution in [2.45, 2.75) is 56.9 Å². The van der Waals surface area contributed by atoms with Crippen molar-refractivity contribution in [3.05, 3.63) is 0 Å². The summed E-state index contributed by atoms with van der Waals surface area (Å²) in [6, 6.07) is -0.727. The summed E-state index contributed by atoms with van der Waals surface area (Å²) in [5.74, 6) is -0.217. The zero-order chi connectivity index (χ0) is 13.1. The van der Waals surface area contributed by atoms with E-state index in [1.165, 1.54) is 19.3 Å². The Hall–Kier alpha value is -0.710. The molecule has 0 radical (unpaired) electrons. The van der Waals surface area contributed by atoms with Crippen molar-refractivity contribution in [2.24, 2.45) is 5.92 Å². The maximum Gasteiger partial charge on any atom is 0.223 e. The van der Waals surface area contributed by atoms with Crippen LogP contribution in [0, 0.1) is 5.92 Å². The van der Waals surface area contributed by atoms with E-state index in [4.69, 9.17) is 0 Å². The number of carbonyl (C=O) groups excluding carboxylic acids is 2. The average Bonchev–Trinajstić information content (AvgIpc) is 2.83. The predicted molar refractivity (Wildman–Crippen MR) is 68.8 cm³/mol.